The molecule has 0 unspecified atom stereocenters. The Labute approximate surface area is 95.6 Å². The molecule has 0 bridgehead atoms. The lowest BCUT2D eigenvalue weighted by Gasteiger charge is -2.03. The summed E-state index contributed by atoms with van der Waals surface area (Å²) in [6.07, 6.45) is 5.01. The largest absolute Gasteiger partial charge is 0.294 e. The molecule has 0 atom stereocenters. The molecule has 0 amide bonds. The minimum absolute atomic E-state index is 0.0245. The van der Waals surface area contributed by atoms with Crippen LogP contribution in [-0.2, 0) is 9.84 Å². The highest BCUT2D eigenvalue weighted by Gasteiger charge is 2.10. The molecular formula is C11H15NO3S. The molecule has 0 radical (unpaired) electrons. The Morgan fingerprint density at radius 3 is 2.69 bits per heavy atom. The zero-order chi connectivity index (χ0) is 12.2. The van der Waals surface area contributed by atoms with Crippen LogP contribution in [0.5, 0.6) is 0 Å². The summed E-state index contributed by atoms with van der Waals surface area (Å²) in [4.78, 5) is 15.6. The molecule has 88 valence electrons. The van der Waals surface area contributed by atoms with Gasteiger partial charge in [-0.25, -0.2) is 8.42 Å². The van der Waals surface area contributed by atoms with Crippen molar-refractivity contribution in [2.45, 2.75) is 19.8 Å². The number of hydrogen-bond donors (Lipinski definition) is 0. The van der Waals surface area contributed by atoms with Crippen LogP contribution in [0.15, 0.2) is 18.5 Å². The van der Waals surface area contributed by atoms with Crippen molar-refractivity contribution < 1.29 is 13.2 Å². The molecule has 5 heteroatoms. The third kappa shape index (κ3) is 4.10. The Bertz CT molecular complexity index is 480. The minimum atomic E-state index is -2.98. The molecule has 1 rings (SSSR count). The SMILES string of the molecule is Cc1cnccc1C(=O)CCCS(C)(=O)=O. The van der Waals surface area contributed by atoms with Crippen molar-refractivity contribution in [3.63, 3.8) is 0 Å². The van der Waals surface area contributed by atoms with E-state index >= 15 is 0 Å². The highest BCUT2D eigenvalue weighted by atomic mass is 32.2. The van der Waals surface area contributed by atoms with Crippen LogP contribution in [0.25, 0.3) is 0 Å². The maximum Gasteiger partial charge on any atom is 0.163 e. The van der Waals surface area contributed by atoms with Crippen LogP contribution in [0, 0.1) is 6.92 Å². The summed E-state index contributed by atoms with van der Waals surface area (Å²) in [5.74, 6) is 0.0339. The molecule has 0 aromatic carbocycles. The van der Waals surface area contributed by atoms with Gasteiger partial charge < -0.3 is 0 Å². The number of aromatic nitrogens is 1. The third-order valence-electron chi connectivity index (χ3n) is 2.24. The van der Waals surface area contributed by atoms with Crippen LogP contribution in [0.4, 0.5) is 0 Å². The first-order chi connectivity index (χ1) is 7.40. The van der Waals surface area contributed by atoms with Crippen molar-refractivity contribution in [3.05, 3.63) is 29.6 Å². The van der Waals surface area contributed by atoms with Crippen molar-refractivity contribution >= 4 is 15.6 Å². The van der Waals surface area contributed by atoms with Crippen molar-refractivity contribution in [1.29, 1.82) is 0 Å². The third-order valence-corrected chi connectivity index (χ3v) is 3.27. The lowest BCUT2D eigenvalue weighted by molar-refractivity contribution is 0.0981. The number of nitrogens with zero attached hydrogens (tertiary/aromatic N) is 1. The highest BCUT2D eigenvalue weighted by molar-refractivity contribution is 7.90. The second-order valence-corrected chi connectivity index (χ2v) is 6.11. The minimum Gasteiger partial charge on any atom is -0.294 e. The molecule has 0 spiro atoms. The van der Waals surface area contributed by atoms with E-state index in [0.29, 0.717) is 12.0 Å². The average molecular weight is 241 g/mol. The fraction of sp³-hybridized carbons (Fsp3) is 0.455. The second kappa shape index (κ2) is 5.21. The first kappa shape index (κ1) is 12.8. The molecule has 0 saturated carbocycles. The van der Waals surface area contributed by atoms with Crippen LogP contribution in [0.1, 0.15) is 28.8 Å². The summed E-state index contributed by atoms with van der Waals surface area (Å²) in [5.41, 5.74) is 1.45. The van der Waals surface area contributed by atoms with Crippen molar-refractivity contribution in [3.8, 4) is 0 Å². The molecule has 16 heavy (non-hydrogen) atoms. The molecule has 0 saturated heterocycles. The number of Topliss-reactive ketones (excluding diaryl/α,β-unsaturated/α-hetero) is 1. The number of pyridine rings is 1. The molecule has 0 aliphatic heterocycles. The van der Waals surface area contributed by atoms with Crippen molar-refractivity contribution in [1.82, 2.24) is 4.98 Å². The van der Waals surface area contributed by atoms with Crippen LogP contribution in [0.3, 0.4) is 0 Å². The number of rotatable bonds is 5. The van der Waals surface area contributed by atoms with E-state index in [1.54, 1.807) is 18.5 Å². The van der Waals surface area contributed by atoms with Gasteiger partial charge in [-0.15, -0.1) is 0 Å². The van der Waals surface area contributed by atoms with Crippen molar-refractivity contribution in [2.24, 2.45) is 0 Å². The Balaban J connectivity index is 2.57. The quantitative estimate of drug-likeness (QED) is 0.731. The van der Waals surface area contributed by atoms with E-state index in [0.717, 1.165) is 5.56 Å². The van der Waals surface area contributed by atoms with E-state index in [4.69, 9.17) is 0 Å². The molecule has 1 aromatic heterocycles. The maximum atomic E-state index is 11.7. The molecule has 0 N–H and O–H groups in total. The molecule has 4 nitrogen and oxygen atoms in total. The van der Waals surface area contributed by atoms with Gasteiger partial charge in [-0.3, -0.25) is 9.78 Å². The molecule has 0 aliphatic carbocycles. The number of carbonyl (C=O) groups is 1. The van der Waals surface area contributed by atoms with Crippen molar-refractivity contribution in [2.75, 3.05) is 12.0 Å². The van der Waals surface area contributed by atoms with Gasteiger partial charge in [0.2, 0.25) is 0 Å². The molecule has 0 aliphatic rings. The van der Waals surface area contributed by atoms with Gasteiger partial charge in [-0.2, -0.15) is 0 Å². The standard InChI is InChI=1S/C11H15NO3S/c1-9-8-12-6-5-10(9)11(13)4-3-7-16(2,14)15/h5-6,8H,3-4,7H2,1-2H3. The molecule has 1 heterocycles. The normalized spacial score (nSPS) is 11.4. The first-order valence-electron chi connectivity index (χ1n) is 5.02. The van der Waals surface area contributed by atoms with E-state index in [1.807, 2.05) is 6.92 Å². The Morgan fingerprint density at radius 2 is 2.12 bits per heavy atom. The summed E-state index contributed by atoms with van der Waals surface area (Å²) >= 11 is 0. The Kier molecular flexibility index (Phi) is 4.18. The Hall–Kier alpha value is -1.23. The molecule has 0 fully saturated rings. The van der Waals surface area contributed by atoms with E-state index < -0.39 is 9.84 Å². The van der Waals surface area contributed by atoms with Crippen LogP contribution < -0.4 is 0 Å². The number of carbonyl (C=O) groups excluding carboxylic acids is 1. The first-order valence-corrected chi connectivity index (χ1v) is 7.08. The van der Waals surface area contributed by atoms with Gasteiger partial charge in [-0.05, 0) is 25.0 Å². The summed E-state index contributed by atoms with van der Waals surface area (Å²) in [5, 5.41) is 0. The fourth-order valence-corrected chi connectivity index (χ4v) is 2.08. The van der Waals surface area contributed by atoms with Gasteiger partial charge in [0.05, 0.1) is 5.75 Å². The zero-order valence-electron chi connectivity index (χ0n) is 9.43. The lowest BCUT2D eigenvalue weighted by Crippen LogP contribution is -2.07. The van der Waals surface area contributed by atoms with E-state index in [2.05, 4.69) is 4.98 Å². The molecule has 1 aromatic rings. The maximum absolute atomic E-state index is 11.7. The van der Waals surface area contributed by atoms with E-state index in [9.17, 15) is 13.2 Å². The lowest BCUT2D eigenvalue weighted by atomic mass is 10.0. The predicted molar refractivity (Wildman–Crippen MR) is 62.2 cm³/mol. The van der Waals surface area contributed by atoms with Gasteiger partial charge >= 0.3 is 0 Å². The summed E-state index contributed by atoms with van der Waals surface area (Å²) in [6, 6.07) is 1.66. The average Bonchev–Trinajstić information content (AvgIpc) is 2.16. The van der Waals surface area contributed by atoms with Gasteiger partial charge in [0.25, 0.3) is 0 Å². The van der Waals surface area contributed by atoms with Crippen LogP contribution >= 0.6 is 0 Å². The number of sulfone groups is 1. The fourth-order valence-electron chi connectivity index (χ4n) is 1.42. The van der Waals surface area contributed by atoms with Crippen LogP contribution in [-0.4, -0.2) is 31.2 Å². The number of aryl methyl sites for hydroxylation is 1. The number of hydrogen-bond acceptors (Lipinski definition) is 4. The Morgan fingerprint density at radius 1 is 1.44 bits per heavy atom. The van der Waals surface area contributed by atoms with Gasteiger partial charge in [0.1, 0.15) is 9.84 Å². The molecular weight excluding hydrogens is 226 g/mol. The predicted octanol–water partition coefficient (Wildman–Crippen LogP) is 1.40. The summed E-state index contributed by atoms with van der Waals surface area (Å²) in [6.45, 7) is 1.82. The number of ketones is 1. The van der Waals surface area contributed by atoms with E-state index in [-0.39, 0.29) is 18.0 Å². The van der Waals surface area contributed by atoms with Crippen LogP contribution in [0.2, 0.25) is 0 Å². The van der Waals surface area contributed by atoms with Gasteiger partial charge in [-0.1, -0.05) is 0 Å². The summed E-state index contributed by atoms with van der Waals surface area (Å²) in [7, 11) is -2.98. The van der Waals surface area contributed by atoms with Gasteiger partial charge in [0, 0.05) is 30.6 Å². The summed E-state index contributed by atoms with van der Waals surface area (Å²) < 4.78 is 21.8. The zero-order valence-corrected chi connectivity index (χ0v) is 10.3. The topological polar surface area (TPSA) is 64.1 Å². The highest BCUT2D eigenvalue weighted by Crippen LogP contribution is 2.10. The van der Waals surface area contributed by atoms with E-state index in [1.165, 1.54) is 6.26 Å². The smallest absolute Gasteiger partial charge is 0.163 e. The second-order valence-electron chi connectivity index (χ2n) is 3.85. The monoisotopic (exact) mass is 241 g/mol. The van der Waals surface area contributed by atoms with Gasteiger partial charge in [0.15, 0.2) is 5.78 Å².